The van der Waals surface area contributed by atoms with E-state index in [-0.39, 0.29) is 15.7 Å². The van der Waals surface area contributed by atoms with Gasteiger partial charge in [0.2, 0.25) is 0 Å². The van der Waals surface area contributed by atoms with Crippen molar-refractivity contribution in [3.8, 4) is 0 Å². The normalized spacial score (nSPS) is 13.6. The fourth-order valence-electron chi connectivity index (χ4n) is 3.26. The van der Waals surface area contributed by atoms with Crippen LogP contribution in [0.3, 0.4) is 0 Å². The molecule has 0 amide bonds. The molecule has 0 aliphatic heterocycles. The van der Waals surface area contributed by atoms with Crippen molar-refractivity contribution >= 4 is 30.4 Å². The van der Waals surface area contributed by atoms with Crippen LogP contribution < -0.4 is 0 Å². The van der Waals surface area contributed by atoms with E-state index in [2.05, 4.69) is 41.5 Å². The maximum absolute atomic E-state index is 13.1. The van der Waals surface area contributed by atoms with Crippen molar-refractivity contribution in [3.63, 3.8) is 0 Å². The van der Waals surface area contributed by atoms with Gasteiger partial charge in [0.05, 0.1) is 0 Å². The molecule has 8 heteroatoms. The molecule has 3 nitrogen and oxygen atoms in total. The van der Waals surface area contributed by atoms with Gasteiger partial charge in [-0.05, 0) is 0 Å². The predicted molar refractivity (Wildman–Crippen MR) is 141 cm³/mol. The fraction of sp³-hybridized carbons (Fsp3) is 0.333. The summed E-state index contributed by atoms with van der Waals surface area (Å²) in [5, 5.41) is 0. The van der Waals surface area contributed by atoms with Crippen molar-refractivity contribution in [1.82, 2.24) is 0 Å². The first-order chi connectivity index (χ1) is 16.0. The first-order valence-corrected chi connectivity index (χ1v) is 15.5. The van der Waals surface area contributed by atoms with E-state index >= 15 is 0 Å². The van der Waals surface area contributed by atoms with Gasteiger partial charge >= 0.3 is 215 Å². The van der Waals surface area contributed by atoms with Crippen molar-refractivity contribution in [2.75, 3.05) is 0 Å². The zero-order chi connectivity index (χ0) is 26.2. The van der Waals surface area contributed by atoms with Crippen LogP contribution in [-0.4, -0.2) is 8.42 Å². The molecular weight excluding hydrogens is 588 g/mol. The molecule has 3 aromatic carbocycles. The minimum absolute atomic E-state index is 0.0703. The second kappa shape index (κ2) is 9.86. The number of halogens is 4. The summed E-state index contributed by atoms with van der Waals surface area (Å²) in [5.74, 6) is 0. The molecule has 0 fully saturated rings. The van der Waals surface area contributed by atoms with Crippen molar-refractivity contribution in [2.24, 2.45) is 0 Å². The molecule has 0 N–H and O–H groups in total. The summed E-state index contributed by atoms with van der Waals surface area (Å²) in [6.45, 7) is 12.6. The van der Waals surface area contributed by atoms with Gasteiger partial charge in [0.25, 0.3) is 0 Å². The van der Waals surface area contributed by atoms with Crippen molar-refractivity contribution in [1.29, 1.82) is 0 Å². The molecule has 3 aromatic rings. The van der Waals surface area contributed by atoms with Gasteiger partial charge in [-0.1, -0.05) is 0 Å². The SMILES string of the molecule is CC(C)(C)c1ccc(I(OS(=O)(=O)c2ccc(C(F)(F)F)cc2)c2ccc(C(C)(C)C)cc2)cc1. The molecule has 0 heterocycles. The van der Waals surface area contributed by atoms with Gasteiger partial charge in [-0.3, -0.25) is 0 Å². The van der Waals surface area contributed by atoms with Gasteiger partial charge in [-0.25, -0.2) is 0 Å². The number of benzene rings is 3. The van der Waals surface area contributed by atoms with Crippen molar-refractivity contribution < 1.29 is 24.1 Å². The van der Waals surface area contributed by atoms with Crippen LogP contribution in [-0.2, 0) is 29.6 Å². The quantitative estimate of drug-likeness (QED) is 0.271. The van der Waals surface area contributed by atoms with E-state index in [1.807, 2.05) is 48.5 Å². The van der Waals surface area contributed by atoms with E-state index in [1.165, 1.54) is 0 Å². The zero-order valence-corrected chi connectivity index (χ0v) is 23.5. The molecule has 0 unspecified atom stereocenters. The Hall–Kier alpha value is -1.91. The molecule has 0 saturated carbocycles. The Morgan fingerprint density at radius 1 is 0.600 bits per heavy atom. The summed E-state index contributed by atoms with van der Waals surface area (Å²) in [4.78, 5) is -0.301. The van der Waals surface area contributed by atoms with E-state index in [0.717, 1.165) is 42.5 Å². The van der Waals surface area contributed by atoms with Gasteiger partial charge in [-0.15, -0.1) is 0 Å². The van der Waals surface area contributed by atoms with E-state index in [0.29, 0.717) is 0 Å². The third-order valence-electron chi connectivity index (χ3n) is 5.43. The first kappa shape index (κ1) is 27.7. The van der Waals surface area contributed by atoms with E-state index in [4.69, 9.17) is 2.51 Å². The Bertz CT molecular complexity index is 1190. The summed E-state index contributed by atoms with van der Waals surface area (Å²) in [6, 6.07) is 18.9. The average Bonchev–Trinajstić information content (AvgIpc) is 2.76. The predicted octanol–water partition coefficient (Wildman–Crippen LogP) is 8.17. The van der Waals surface area contributed by atoms with Gasteiger partial charge < -0.3 is 0 Å². The molecule has 0 aliphatic carbocycles. The van der Waals surface area contributed by atoms with Crippen molar-refractivity contribution in [3.05, 3.63) is 96.6 Å². The Morgan fingerprint density at radius 3 is 1.26 bits per heavy atom. The molecule has 0 saturated heterocycles. The van der Waals surface area contributed by atoms with Crippen LogP contribution in [0.25, 0.3) is 0 Å². The Balaban J connectivity index is 2.02. The fourth-order valence-corrected chi connectivity index (χ4v) is 10.1. The summed E-state index contributed by atoms with van der Waals surface area (Å²) < 4.78 is 72.4. The number of hydrogen-bond acceptors (Lipinski definition) is 3. The van der Waals surface area contributed by atoms with Crippen LogP contribution in [0, 0.1) is 7.14 Å². The van der Waals surface area contributed by atoms with Gasteiger partial charge in [0.1, 0.15) is 0 Å². The Labute approximate surface area is 213 Å². The Morgan fingerprint density at radius 2 is 0.943 bits per heavy atom. The molecule has 0 aliphatic rings. The van der Waals surface area contributed by atoms with Crippen LogP contribution in [0.5, 0.6) is 0 Å². The summed E-state index contributed by atoms with van der Waals surface area (Å²) in [7, 11) is -4.29. The number of hydrogen-bond donors (Lipinski definition) is 0. The monoisotopic (exact) mass is 618 g/mol. The summed E-state index contributed by atoms with van der Waals surface area (Å²) in [6.07, 6.45) is -4.55. The number of rotatable bonds is 5. The minimum atomic E-state index is -4.55. The Kier molecular flexibility index (Phi) is 7.80. The summed E-state index contributed by atoms with van der Waals surface area (Å²) >= 11 is -2.98. The van der Waals surface area contributed by atoms with Crippen LogP contribution in [0.15, 0.2) is 77.7 Å². The van der Waals surface area contributed by atoms with Gasteiger partial charge in [0.15, 0.2) is 0 Å². The van der Waals surface area contributed by atoms with Crippen molar-refractivity contribution in [2.45, 2.75) is 63.4 Å². The molecule has 0 atom stereocenters. The second-order valence-electron chi connectivity index (χ2n) is 10.3. The molecule has 0 aromatic heterocycles. The zero-order valence-electron chi connectivity index (χ0n) is 20.6. The summed E-state index contributed by atoms with van der Waals surface area (Å²) in [5.41, 5.74) is 1.15. The molecule has 190 valence electrons. The molecule has 35 heavy (non-hydrogen) atoms. The van der Waals surface area contributed by atoms with E-state index < -0.39 is 42.1 Å². The molecule has 0 spiro atoms. The van der Waals surface area contributed by atoms with E-state index in [9.17, 15) is 21.6 Å². The molecule has 3 rings (SSSR count). The topological polar surface area (TPSA) is 43.4 Å². The molecular formula is C27H30F3IO3S. The van der Waals surface area contributed by atoms with Crippen LogP contribution >= 0.6 is 20.2 Å². The van der Waals surface area contributed by atoms with Gasteiger partial charge in [-0.2, -0.15) is 0 Å². The van der Waals surface area contributed by atoms with Crippen LogP contribution in [0.4, 0.5) is 13.2 Å². The third-order valence-corrected chi connectivity index (χ3v) is 12.8. The molecule has 0 bridgehead atoms. The average molecular weight is 618 g/mol. The maximum atomic E-state index is 13.1. The number of alkyl halides is 3. The van der Waals surface area contributed by atoms with E-state index in [1.54, 1.807) is 0 Å². The second-order valence-corrected chi connectivity index (χ2v) is 16.8. The first-order valence-electron chi connectivity index (χ1n) is 11.0. The third kappa shape index (κ3) is 6.86. The van der Waals surface area contributed by atoms with Crippen LogP contribution in [0.1, 0.15) is 58.2 Å². The van der Waals surface area contributed by atoms with Gasteiger partial charge in [0, 0.05) is 0 Å². The molecule has 0 radical (unpaired) electrons. The van der Waals surface area contributed by atoms with Crippen LogP contribution in [0.2, 0.25) is 0 Å². The standard InChI is InChI=1S/C27H30F3IO3S/c1-25(2,3)19-7-13-22(14-8-19)31(23-15-9-20(10-16-23)26(4,5)6)34-35(32,33)24-17-11-21(12-18-24)27(28,29)30/h7-18H,1-6H3.